The summed E-state index contributed by atoms with van der Waals surface area (Å²) in [5, 5.41) is 3.53. The van der Waals surface area contributed by atoms with Gasteiger partial charge in [0.2, 0.25) is 0 Å². The highest BCUT2D eigenvalue weighted by Gasteiger charge is 2.18. The van der Waals surface area contributed by atoms with Crippen LogP contribution >= 0.6 is 39.1 Å². The number of hydrogen-bond acceptors (Lipinski definition) is 1. The van der Waals surface area contributed by atoms with Crippen LogP contribution < -0.4 is 5.32 Å². The molecule has 1 aromatic rings. The fourth-order valence-corrected chi connectivity index (χ4v) is 2.44. The summed E-state index contributed by atoms with van der Waals surface area (Å²) >= 11 is 15.0. The third-order valence-corrected chi connectivity index (χ3v) is 3.86. The fourth-order valence-electron chi connectivity index (χ4n) is 1.61. The number of hydrogen-bond donors (Lipinski definition) is 1. The van der Waals surface area contributed by atoms with Crippen LogP contribution in [0.25, 0.3) is 0 Å². The van der Waals surface area contributed by atoms with Crippen molar-refractivity contribution in [3.63, 3.8) is 0 Å². The highest BCUT2D eigenvalue weighted by Crippen LogP contribution is 2.21. The Morgan fingerprint density at radius 3 is 2.67 bits per heavy atom. The van der Waals surface area contributed by atoms with E-state index in [-0.39, 0.29) is 11.9 Å². The van der Waals surface area contributed by atoms with Crippen molar-refractivity contribution in [2.24, 2.45) is 5.92 Å². The number of carbonyl (C=O) groups is 1. The fraction of sp³-hybridized carbons (Fsp3) is 0.462. The van der Waals surface area contributed by atoms with Gasteiger partial charge in [0.1, 0.15) is 0 Å². The molecule has 1 rings (SSSR count). The molecule has 0 fully saturated rings. The Kier molecular flexibility index (Phi) is 6.47. The monoisotopic (exact) mass is 351 g/mol. The van der Waals surface area contributed by atoms with Crippen LogP contribution in [0.1, 0.15) is 30.6 Å². The van der Waals surface area contributed by atoms with Gasteiger partial charge in [-0.2, -0.15) is 0 Å². The van der Waals surface area contributed by atoms with Crippen molar-refractivity contribution in [2.75, 3.05) is 5.88 Å². The summed E-state index contributed by atoms with van der Waals surface area (Å²) in [5.74, 6) is 0.735. The zero-order chi connectivity index (χ0) is 13.7. The normalized spacial score (nSPS) is 12.6. The van der Waals surface area contributed by atoms with Crippen molar-refractivity contribution < 1.29 is 4.79 Å². The van der Waals surface area contributed by atoms with Gasteiger partial charge in [-0.15, -0.1) is 11.6 Å². The average Bonchev–Trinajstić information content (AvgIpc) is 2.31. The van der Waals surface area contributed by atoms with Gasteiger partial charge in [-0.25, -0.2) is 0 Å². The first kappa shape index (κ1) is 15.8. The number of carbonyl (C=O) groups excluding carboxylic acids is 1. The molecule has 0 saturated carbocycles. The Labute approximate surface area is 126 Å². The van der Waals surface area contributed by atoms with Crippen LogP contribution in [0.2, 0.25) is 5.02 Å². The zero-order valence-electron chi connectivity index (χ0n) is 10.3. The molecule has 1 unspecified atom stereocenters. The number of benzene rings is 1. The number of rotatable bonds is 5. The Morgan fingerprint density at radius 2 is 2.11 bits per heavy atom. The lowest BCUT2D eigenvalue weighted by Gasteiger charge is -2.21. The van der Waals surface area contributed by atoms with E-state index in [1.807, 2.05) is 0 Å². The SMILES string of the molecule is CC(C)C(CCCl)NC(=O)c1cc(Cl)ccc1Br. The standard InChI is InChI=1S/C13H16BrCl2NO/c1-8(2)12(5-6-15)17-13(18)10-7-9(16)3-4-11(10)14/h3-4,7-8,12H,5-6H2,1-2H3,(H,17,18). The van der Waals surface area contributed by atoms with Crippen molar-refractivity contribution in [1.29, 1.82) is 0 Å². The van der Waals surface area contributed by atoms with Gasteiger partial charge in [0, 0.05) is 21.4 Å². The van der Waals surface area contributed by atoms with Crippen molar-refractivity contribution in [1.82, 2.24) is 5.32 Å². The van der Waals surface area contributed by atoms with E-state index in [2.05, 4.69) is 35.1 Å². The molecule has 5 heteroatoms. The van der Waals surface area contributed by atoms with Gasteiger partial charge in [-0.05, 0) is 46.5 Å². The lowest BCUT2D eigenvalue weighted by atomic mass is 10.0. The molecule has 0 bridgehead atoms. The van der Waals surface area contributed by atoms with E-state index < -0.39 is 0 Å². The Hall–Kier alpha value is -0.250. The van der Waals surface area contributed by atoms with E-state index in [1.165, 1.54) is 0 Å². The molecule has 2 nitrogen and oxygen atoms in total. The topological polar surface area (TPSA) is 29.1 Å². The minimum absolute atomic E-state index is 0.0703. The van der Waals surface area contributed by atoms with Crippen LogP contribution in [0.3, 0.4) is 0 Å². The zero-order valence-corrected chi connectivity index (χ0v) is 13.4. The first-order valence-electron chi connectivity index (χ1n) is 5.77. The minimum atomic E-state index is -0.131. The predicted molar refractivity (Wildman–Crippen MR) is 80.6 cm³/mol. The molecular weight excluding hydrogens is 337 g/mol. The second-order valence-corrected chi connectivity index (χ2v) is 6.09. The van der Waals surface area contributed by atoms with Gasteiger partial charge in [-0.3, -0.25) is 4.79 Å². The van der Waals surface area contributed by atoms with Crippen LogP contribution in [0.15, 0.2) is 22.7 Å². The van der Waals surface area contributed by atoms with E-state index in [1.54, 1.807) is 18.2 Å². The lowest BCUT2D eigenvalue weighted by Crippen LogP contribution is -2.39. The average molecular weight is 353 g/mol. The second kappa shape index (κ2) is 7.37. The van der Waals surface area contributed by atoms with Gasteiger partial charge >= 0.3 is 0 Å². The first-order valence-corrected chi connectivity index (χ1v) is 7.48. The van der Waals surface area contributed by atoms with Crippen molar-refractivity contribution in [2.45, 2.75) is 26.3 Å². The lowest BCUT2D eigenvalue weighted by molar-refractivity contribution is 0.0924. The van der Waals surface area contributed by atoms with Gasteiger partial charge in [0.05, 0.1) is 5.56 Å². The van der Waals surface area contributed by atoms with Gasteiger partial charge < -0.3 is 5.32 Å². The molecule has 0 heterocycles. The minimum Gasteiger partial charge on any atom is -0.349 e. The van der Waals surface area contributed by atoms with Crippen molar-refractivity contribution in [3.8, 4) is 0 Å². The van der Waals surface area contributed by atoms with Gasteiger partial charge in [-0.1, -0.05) is 25.4 Å². The van der Waals surface area contributed by atoms with E-state index >= 15 is 0 Å². The largest absolute Gasteiger partial charge is 0.349 e. The molecule has 0 aliphatic carbocycles. The van der Waals surface area contributed by atoms with Gasteiger partial charge in [0.25, 0.3) is 5.91 Å². The van der Waals surface area contributed by atoms with Crippen LogP contribution in [0, 0.1) is 5.92 Å². The number of nitrogens with one attached hydrogen (secondary N) is 1. The summed E-state index contributed by atoms with van der Waals surface area (Å²) in [5.41, 5.74) is 0.544. The molecule has 1 atom stereocenters. The number of alkyl halides is 1. The first-order chi connectivity index (χ1) is 8.45. The summed E-state index contributed by atoms with van der Waals surface area (Å²) in [6.45, 7) is 4.12. The summed E-state index contributed by atoms with van der Waals surface area (Å²) in [4.78, 5) is 12.2. The van der Waals surface area contributed by atoms with E-state index in [9.17, 15) is 4.79 Å². The molecule has 1 amide bonds. The second-order valence-electron chi connectivity index (χ2n) is 4.43. The van der Waals surface area contributed by atoms with Crippen LogP contribution in [0.4, 0.5) is 0 Å². The predicted octanol–water partition coefficient (Wildman–Crippen LogP) is 4.49. The van der Waals surface area contributed by atoms with Crippen LogP contribution in [0.5, 0.6) is 0 Å². The quantitative estimate of drug-likeness (QED) is 0.777. The maximum Gasteiger partial charge on any atom is 0.252 e. The number of halogens is 3. The highest BCUT2D eigenvalue weighted by molar-refractivity contribution is 9.10. The van der Waals surface area contributed by atoms with E-state index in [4.69, 9.17) is 23.2 Å². The molecule has 1 N–H and O–H groups in total. The van der Waals surface area contributed by atoms with Crippen molar-refractivity contribution in [3.05, 3.63) is 33.3 Å². The third-order valence-electron chi connectivity index (χ3n) is 2.71. The molecule has 0 radical (unpaired) electrons. The molecular formula is C13H16BrCl2NO. The Bertz CT molecular complexity index is 423. The summed E-state index contributed by atoms with van der Waals surface area (Å²) in [7, 11) is 0. The Balaban J connectivity index is 2.83. The smallest absolute Gasteiger partial charge is 0.252 e. The molecule has 0 aliphatic rings. The van der Waals surface area contributed by atoms with Crippen LogP contribution in [-0.2, 0) is 0 Å². The van der Waals surface area contributed by atoms with Crippen LogP contribution in [-0.4, -0.2) is 17.8 Å². The Morgan fingerprint density at radius 1 is 1.44 bits per heavy atom. The summed E-state index contributed by atoms with van der Waals surface area (Å²) in [6, 6.07) is 5.23. The molecule has 1 aromatic carbocycles. The molecule has 18 heavy (non-hydrogen) atoms. The van der Waals surface area contributed by atoms with E-state index in [0.717, 1.165) is 10.9 Å². The number of amides is 1. The highest BCUT2D eigenvalue weighted by atomic mass is 79.9. The molecule has 100 valence electrons. The maximum atomic E-state index is 12.2. The summed E-state index contributed by atoms with van der Waals surface area (Å²) < 4.78 is 0.734. The molecule has 0 saturated heterocycles. The maximum absolute atomic E-state index is 12.2. The third kappa shape index (κ3) is 4.45. The van der Waals surface area contributed by atoms with Crippen molar-refractivity contribution >= 4 is 45.0 Å². The molecule has 0 spiro atoms. The summed E-state index contributed by atoms with van der Waals surface area (Å²) in [6.07, 6.45) is 0.753. The van der Waals surface area contributed by atoms with E-state index in [0.29, 0.717) is 22.4 Å². The molecule has 0 aromatic heterocycles. The van der Waals surface area contributed by atoms with Gasteiger partial charge in [0.15, 0.2) is 0 Å². The molecule has 0 aliphatic heterocycles.